The minimum atomic E-state index is -0.370. The first kappa shape index (κ1) is 13.9. The molecule has 2 N–H and O–H groups in total. The van der Waals surface area contributed by atoms with Crippen molar-refractivity contribution in [2.24, 2.45) is 0 Å². The second-order valence-corrected chi connectivity index (χ2v) is 5.07. The maximum Gasteiger partial charge on any atom is 0.407 e. The van der Waals surface area contributed by atoms with Gasteiger partial charge in [-0.05, 0) is 37.7 Å². The number of amides is 1. The highest BCUT2D eigenvalue weighted by atomic mass is 16.5. The standard InChI is InChI=1S/C15H21NO3/c17-14-8-4-7-13(9-10-14)16-15(18)19-11-12-5-2-1-3-6-12/h1-3,5-6,13-14,17H,4,7-11H2,(H,16,18)/t13-,14+/m0/s1. The quantitative estimate of drug-likeness (QED) is 0.824. The van der Waals surface area contributed by atoms with Crippen LogP contribution >= 0.6 is 0 Å². The van der Waals surface area contributed by atoms with Crippen LogP contribution in [-0.2, 0) is 11.3 Å². The van der Waals surface area contributed by atoms with Crippen molar-refractivity contribution in [3.63, 3.8) is 0 Å². The van der Waals surface area contributed by atoms with E-state index in [9.17, 15) is 9.90 Å². The summed E-state index contributed by atoms with van der Waals surface area (Å²) in [6.45, 7) is 0.294. The van der Waals surface area contributed by atoms with Gasteiger partial charge in [0.15, 0.2) is 0 Å². The van der Waals surface area contributed by atoms with Gasteiger partial charge in [-0.25, -0.2) is 4.79 Å². The average Bonchev–Trinajstić information content (AvgIpc) is 2.63. The smallest absolute Gasteiger partial charge is 0.407 e. The molecule has 0 aromatic heterocycles. The second-order valence-electron chi connectivity index (χ2n) is 5.07. The zero-order chi connectivity index (χ0) is 13.5. The molecule has 1 aromatic carbocycles. The summed E-state index contributed by atoms with van der Waals surface area (Å²) < 4.78 is 5.19. The summed E-state index contributed by atoms with van der Waals surface area (Å²) in [5.74, 6) is 0. The van der Waals surface area contributed by atoms with Crippen LogP contribution in [0.15, 0.2) is 30.3 Å². The summed E-state index contributed by atoms with van der Waals surface area (Å²) in [5, 5.41) is 12.4. The fraction of sp³-hybridized carbons (Fsp3) is 0.533. The van der Waals surface area contributed by atoms with Crippen molar-refractivity contribution in [1.82, 2.24) is 5.32 Å². The Kier molecular flexibility index (Phi) is 5.21. The maximum atomic E-state index is 11.7. The molecular weight excluding hydrogens is 242 g/mol. The van der Waals surface area contributed by atoms with Gasteiger partial charge in [0.1, 0.15) is 6.61 Å². The summed E-state index contributed by atoms with van der Waals surface area (Å²) in [6.07, 6.45) is 3.68. The Balaban J connectivity index is 1.72. The summed E-state index contributed by atoms with van der Waals surface area (Å²) in [6, 6.07) is 9.75. The number of aliphatic hydroxyl groups is 1. The number of ether oxygens (including phenoxy) is 1. The van der Waals surface area contributed by atoms with Crippen molar-refractivity contribution in [2.75, 3.05) is 0 Å². The highest BCUT2D eigenvalue weighted by molar-refractivity contribution is 5.67. The van der Waals surface area contributed by atoms with Crippen molar-refractivity contribution in [3.05, 3.63) is 35.9 Å². The molecule has 19 heavy (non-hydrogen) atoms. The molecule has 0 radical (unpaired) electrons. The van der Waals surface area contributed by atoms with Crippen LogP contribution < -0.4 is 5.32 Å². The maximum absolute atomic E-state index is 11.7. The molecule has 104 valence electrons. The zero-order valence-corrected chi connectivity index (χ0v) is 11.0. The summed E-state index contributed by atoms with van der Waals surface area (Å²) in [5.41, 5.74) is 0.980. The van der Waals surface area contributed by atoms with E-state index in [0.29, 0.717) is 6.61 Å². The Bertz CT molecular complexity index is 394. The molecule has 0 unspecified atom stereocenters. The Morgan fingerprint density at radius 1 is 1.21 bits per heavy atom. The van der Waals surface area contributed by atoms with E-state index >= 15 is 0 Å². The molecule has 1 amide bonds. The number of alkyl carbamates (subject to hydrolysis) is 1. The second kappa shape index (κ2) is 7.14. The molecule has 1 aliphatic carbocycles. The fourth-order valence-electron chi connectivity index (χ4n) is 2.36. The molecule has 2 atom stereocenters. The van der Waals surface area contributed by atoms with Crippen LogP contribution in [0.25, 0.3) is 0 Å². The van der Waals surface area contributed by atoms with E-state index in [0.717, 1.165) is 37.7 Å². The van der Waals surface area contributed by atoms with E-state index in [2.05, 4.69) is 5.32 Å². The van der Waals surface area contributed by atoms with E-state index in [4.69, 9.17) is 4.74 Å². The van der Waals surface area contributed by atoms with Crippen molar-refractivity contribution in [3.8, 4) is 0 Å². The fourth-order valence-corrected chi connectivity index (χ4v) is 2.36. The van der Waals surface area contributed by atoms with Crippen LogP contribution in [0.5, 0.6) is 0 Å². The Morgan fingerprint density at radius 2 is 2.00 bits per heavy atom. The summed E-state index contributed by atoms with van der Waals surface area (Å²) in [4.78, 5) is 11.7. The molecule has 0 saturated heterocycles. The highest BCUT2D eigenvalue weighted by Gasteiger charge is 2.19. The topological polar surface area (TPSA) is 58.6 Å². The molecule has 4 nitrogen and oxygen atoms in total. The molecule has 0 heterocycles. The Hall–Kier alpha value is -1.55. The molecule has 0 spiro atoms. The SMILES string of the molecule is O=C(N[C@H]1CCC[C@@H](O)CC1)OCc1ccccc1. The molecular formula is C15H21NO3. The number of carbonyl (C=O) groups excluding carboxylic acids is 1. The van der Waals surface area contributed by atoms with Crippen molar-refractivity contribution < 1.29 is 14.6 Å². The minimum Gasteiger partial charge on any atom is -0.445 e. The first-order chi connectivity index (χ1) is 9.24. The van der Waals surface area contributed by atoms with Crippen LogP contribution in [0.4, 0.5) is 4.79 Å². The first-order valence-corrected chi connectivity index (χ1v) is 6.89. The first-order valence-electron chi connectivity index (χ1n) is 6.89. The minimum absolute atomic E-state index is 0.125. The molecule has 4 heteroatoms. The van der Waals surface area contributed by atoms with Gasteiger partial charge >= 0.3 is 6.09 Å². The van der Waals surface area contributed by atoms with Gasteiger partial charge in [0, 0.05) is 6.04 Å². The largest absolute Gasteiger partial charge is 0.445 e. The highest BCUT2D eigenvalue weighted by Crippen LogP contribution is 2.18. The van der Waals surface area contributed by atoms with Gasteiger partial charge in [-0.15, -0.1) is 0 Å². The molecule has 1 saturated carbocycles. The van der Waals surface area contributed by atoms with Crippen LogP contribution in [0, 0.1) is 0 Å². The van der Waals surface area contributed by atoms with Gasteiger partial charge in [0.05, 0.1) is 6.10 Å². The van der Waals surface area contributed by atoms with Crippen molar-refractivity contribution >= 4 is 6.09 Å². The third-order valence-electron chi connectivity index (χ3n) is 3.47. The Labute approximate surface area is 113 Å². The molecule has 2 rings (SSSR count). The van der Waals surface area contributed by atoms with Gasteiger partial charge in [-0.1, -0.05) is 30.3 Å². The lowest BCUT2D eigenvalue weighted by Gasteiger charge is -2.16. The predicted octanol–water partition coefficient (Wildman–Crippen LogP) is 2.61. The van der Waals surface area contributed by atoms with Crippen molar-refractivity contribution in [2.45, 2.75) is 50.9 Å². The number of carbonyl (C=O) groups is 1. The van der Waals surface area contributed by atoms with E-state index in [1.807, 2.05) is 30.3 Å². The molecule has 0 aliphatic heterocycles. The van der Waals surface area contributed by atoms with E-state index in [1.54, 1.807) is 0 Å². The molecule has 1 aromatic rings. The lowest BCUT2D eigenvalue weighted by molar-refractivity contribution is 0.133. The average molecular weight is 263 g/mol. The summed E-state index contributed by atoms with van der Waals surface area (Å²) >= 11 is 0. The zero-order valence-electron chi connectivity index (χ0n) is 11.0. The number of hydrogen-bond acceptors (Lipinski definition) is 3. The predicted molar refractivity (Wildman–Crippen MR) is 72.6 cm³/mol. The van der Waals surface area contributed by atoms with Gasteiger partial charge in [0.25, 0.3) is 0 Å². The molecule has 1 fully saturated rings. The van der Waals surface area contributed by atoms with Crippen LogP contribution in [0.1, 0.15) is 37.7 Å². The molecule has 0 bridgehead atoms. The normalized spacial score (nSPS) is 23.4. The Morgan fingerprint density at radius 3 is 2.79 bits per heavy atom. The van der Waals surface area contributed by atoms with Crippen LogP contribution in [-0.4, -0.2) is 23.3 Å². The third kappa shape index (κ3) is 4.91. The number of rotatable bonds is 3. The summed E-state index contributed by atoms with van der Waals surface area (Å²) in [7, 11) is 0. The van der Waals surface area contributed by atoms with Crippen molar-refractivity contribution in [1.29, 1.82) is 0 Å². The number of aliphatic hydroxyl groups excluding tert-OH is 1. The number of nitrogens with one attached hydrogen (secondary N) is 1. The van der Waals surface area contributed by atoms with E-state index < -0.39 is 0 Å². The van der Waals surface area contributed by atoms with Gasteiger partial charge in [-0.3, -0.25) is 0 Å². The molecule has 1 aliphatic rings. The third-order valence-corrected chi connectivity index (χ3v) is 3.47. The van der Waals surface area contributed by atoms with Gasteiger partial charge in [-0.2, -0.15) is 0 Å². The number of hydrogen-bond donors (Lipinski definition) is 2. The lowest BCUT2D eigenvalue weighted by atomic mass is 10.1. The van der Waals surface area contributed by atoms with E-state index in [1.165, 1.54) is 0 Å². The van der Waals surface area contributed by atoms with Gasteiger partial charge in [0.2, 0.25) is 0 Å². The lowest BCUT2D eigenvalue weighted by Crippen LogP contribution is -2.34. The monoisotopic (exact) mass is 263 g/mol. The number of benzene rings is 1. The van der Waals surface area contributed by atoms with Crippen LogP contribution in [0.2, 0.25) is 0 Å². The van der Waals surface area contributed by atoms with E-state index in [-0.39, 0.29) is 18.2 Å². The van der Waals surface area contributed by atoms with Gasteiger partial charge < -0.3 is 15.2 Å². The van der Waals surface area contributed by atoms with Crippen LogP contribution in [0.3, 0.4) is 0 Å².